The maximum absolute atomic E-state index is 11.3. The van der Waals surface area contributed by atoms with E-state index in [2.05, 4.69) is 36.2 Å². The van der Waals surface area contributed by atoms with Gasteiger partial charge in [0.25, 0.3) is 0 Å². The lowest BCUT2D eigenvalue weighted by Crippen LogP contribution is -2.19. The van der Waals surface area contributed by atoms with Crippen LogP contribution in [0.3, 0.4) is 0 Å². The van der Waals surface area contributed by atoms with Crippen LogP contribution < -0.4 is 0 Å². The molecule has 0 radical (unpaired) electrons. The Morgan fingerprint density at radius 3 is 2.73 bits per heavy atom. The van der Waals surface area contributed by atoms with Crippen LogP contribution in [0.15, 0.2) is 24.3 Å². The van der Waals surface area contributed by atoms with E-state index in [9.17, 15) is 9.90 Å². The smallest absolute Gasteiger partial charge is 0.303 e. The molecule has 2 unspecified atom stereocenters. The van der Waals surface area contributed by atoms with E-state index in [-0.39, 0.29) is 12.3 Å². The first kappa shape index (κ1) is 15.5. The van der Waals surface area contributed by atoms with Gasteiger partial charge in [-0.15, -0.1) is 0 Å². The number of benzene rings is 1. The predicted octanol–water partition coefficient (Wildman–Crippen LogP) is 3.85. The van der Waals surface area contributed by atoms with Gasteiger partial charge in [-0.25, -0.2) is 0 Å². The minimum Gasteiger partial charge on any atom is -0.481 e. The molecule has 1 saturated carbocycles. The lowest BCUT2D eigenvalue weighted by Gasteiger charge is -2.24. The van der Waals surface area contributed by atoms with Crippen LogP contribution in [0, 0.1) is 5.92 Å². The normalized spacial score (nSPS) is 24.7. The monoisotopic (exact) mass is 301 g/mol. The number of rotatable bonds is 5. The van der Waals surface area contributed by atoms with Crippen molar-refractivity contribution in [3.8, 4) is 0 Å². The molecule has 1 aromatic carbocycles. The molecule has 1 saturated heterocycles. The molecule has 0 amide bonds. The highest BCUT2D eigenvalue weighted by molar-refractivity contribution is 5.68. The zero-order valence-electron chi connectivity index (χ0n) is 13.5. The van der Waals surface area contributed by atoms with Crippen LogP contribution in [-0.2, 0) is 4.79 Å². The fraction of sp³-hybridized carbons (Fsp3) is 0.632. The first-order valence-electron chi connectivity index (χ1n) is 8.64. The average Bonchev–Trinajstić information content (AvgIpc) is 3.33. The summed E-state index contributed by atoms with van der Waals surface area (Å²) in [6.07, 6.45) is 6.33. The zero-order valence-corrected chi connectivity index (χ0v) is 13.5. The molecule has 120 valence electrons. The number of hydrogen-bond acceptors (Lipinski definition) is 2. The Labute approximate surface area is 133 Å². The van der Waals surface area contributed by atoms with Gasteiger partial charge in [0.05, 0.1) is 6.42 Å². The van der Waals surface area contributed by atoms with E-state index >= 15 is 0 Å². The van der Waals surface area contributed by atoms with Crippen molar-refractivity contribution in [2.24, 2.45) is 5.92 Å². The van der Waals surface area contributed by atoms with Crippen molar-refractivity contribution >= 4 is 5.97 Å². The summed E-state index contributed by atoms with van der Waals surface area (Å²) in [6.45, 7) is 2.33. The number of carbonyl (C=O) groups is 1. The molecule has 3 rings (SSSR count). The quantitative estimate of drug-likeness (QED) is 0.898. The lowest BCUT2D eigenvalue weighted by atomic mass is 9.81. The van der Waals surface area contributed by atoms with E-state index in [0.29, 0.717) is 11.8 Å². The minimum atomic E-state index is -0.660. The van der Waals surface area contributed by atoms with E-state index in [0.717, 1.165) is 6.54 Å². The molecule has 1 N–H and O–H groups in total. The van der Waals surface area contributed by atoms with Crippen molar-refractivity contribution in [3.63, 3.8) is 0 Å². The van der Waals surface area contributed by atoms with Crippen LogP contribution in [0.4, 0.5) is 0 Å². The second-order valence-corrected chi connectivity index (χ2v) is 7.10. The van der Waals surface area contributed by atoms with Crippen LogP contribution in [0.1, 0.15) is 61.5 Å². The molecule has 2 atom stereocenters. The van der Waals surface area contributed by atoms with Gasteiger partial charge in [0.1, 0.15) is 0 Å². The molecule has 0 bridgehead atoms. The molecule has 0 spiro atoms. The molecule has 22 heavy (non-hydrogen) atoms. The zero-order chi connectivity index (χ0) is 15.5. The Bertz CT molecular complexity index is 524. The van der Waals surface area contributed by atoms with Crippen LogP contribution >= 0.6 is 0 Å². The van der Waals surface area contributed by atoms with Gasteiger partial charge < -0.3 is 10.0 Å². The molecule has 2 fully saturated rings. The molecule has 1 aliphatic heterocycles. The van der Waals surface area contributed by atoms with Crippen LogP contribution in [-0.4, -0.2) is 36.1 Å². The summed E-state index contributed by atoms with van der Waals surface area (Å²) in [5.74, 6) is 0.740. The Hall–Kier alpha value is -1.35. The van der Waals surface area contributed by atoms with Gasteiger partial charge in [0.2, 0.25) is 0 Å². The van der Waals surface area contributed by atoms with Gasteiger partial charge in [-0.2, -0.15) is 0 Å². The fourth-order valence-corrected chi connectivity index (χ4v) is 3.99. The largest absolute Gasteiger partial charge is 0.481 e. The van der Waals surface area contributed by atoms with Gasteiger partial charge in [-0.1, -0.05) is 24.3 Å². The number of likely N-dealkylation sites (tertiary alicyclic amines) is 1. The van der Waals surface area contributed by atoms with E-state index < -0.39 is 5.97 Å². The van der Waals surface area contributed by atoms with Gasteiger partial charge >= 0.3 is 5.97 Å². The summed E-state index contributed by atoms with van der Waals surface area (Å²) < 4.78 is 0. The third kappa shape index (κ3) is 3.70. The number of nitrogens with zero attached hydrogens (tertiary/aromatic N) is 1. The lowest BCUT2D eigenvalue weighted by molar-refractivity contribution is -0.137. The maximum Gasteiger partial charge on any atom is 0.303 e. The summed E-state index contributed by atoms with van der Waals surface area (Å²) in [6, 6.07) is 8.65. The van der Waals surface area contributed by atoms with Crippen molar-refractivity contribution in [1.82, 2.24) is 4.90 Å². The Morgan fingerprint density at radius 1 is 1.23 bits per heavy atom. The maximum atomic E-state index is 11.3. The summed E-state index contributed by atoms with van der Waals surface area (Å²) in [5, 5.41) is 9.30. The summed E-state index contributed by atoms with van der Waals surface area (Å²) in [5.41, 5.74) is 2.75. The molecule has 1 aliphatic carbocycles. The molecule has 1 aromatic rings. The average molecular weight is 301 g/mol. The minimum absolute atomic E-state index is 0.217. The Balaban J connectivity index is 1.86. The highest BCUT2D eigenvalue weighted by Crippen LogP contribution is 2.47. The topological polar surface area (TPSA) is 40.5 Å². The molecular weight excluding hydrogens is 274 g/mol. The van der Waals surface area contributed by atoms with Gasteiger partial charge in [0, 0.05) is 0 Å². The fourth-order valence-electron chi connectivity index (χ4n) is 3.99. The van der Waals surface area contributed by atoms with Crippen molar-refractivity contribution in [2.75, 3.05) is 20.1 Å². The highest BCUT2D eigenvalue weighted by atomic mass is 16.4. The highest BCUT2D eigenvalue weighted by Gasteiger charge is 2.35. The predicted molar refractivity (Wildman–Crippen MR) is 88.2 cm³/mol. The van der Waals surface area contributed by atoms with Gasteiger partial charge in [-0.3, -0.25) is 4.79 Å². The summed E-state index contributed by atoms with van der Waals surface area (Å²) in [4.78, 5) is 13.7. The van der Waals surface area contributed by atoms with Crippen molar-refractivity contribution in [3.05, 3.63) is 35.4 Å². The van der Waals surface area contributed by atoms with Gasteiger partial charge in [0.15, 0.2) is 0 Å². The number of aliphatic carboxylic acids is 1. The molecule has 2 aliphatic rings. The van der Waals surface area contributed by atoms with E-state index in [4.69, 9.17) is 0 Å². The molecule has 3 heteroatoms. The first-order valence-corrected chi connectivity index (χ1v) is 8.64. The first-order chi connectivity index (χ1) is 10.6. The van der Waals surface area contributed by atoms with Crippen LogP contribution in [0.25, 0.3) is 0 Å². The standard InChI is InChI=1S/C19H27NO2/c1-20-11-4-5-14(10-12-20)16-6-2-3-7-17(16)18(13-19(21)22)15-8-9-15/h2-3,6-7,14-15,18H,4-5,8-13H2,1H3,(H,21,22). The third-order valence-corrected chi connectivity index (χ3v) is 5.37. The van der Waals surface area contributed by atoms with E-state index in [1.165, 1.54) is 49.8 Å². The van der Waals surface area contributed by atoms with Crippen molar-refractivity contribution in [2.45, 2.75) is 50.4 Å². The number of carboxylic acids is 1. The molecule has 1 heterocycles. The van der Waals surface area contributed by atoms with Gasteiger partial charge in [-0.05, 0) is 81.1 Å². The summed E-state index contributed by atoms with van der Waals surface area (Å²) in [7, 11) is 2.20. The second-order valence-electron chi connectivity index (χ2n) is 7.10. The van der Waals surface area contributed by atoms with E-state index in [1.807, 2.05) is 0 Å². The number of carboxylic acid groups (broad SMARTS) is 1. The molecule has 0 aromatic heterocycles. The number of hydrogen-bond donors (Lipinski definition) is 1. The Morgan fingerprint density at radius 2 is 2.00 bits per heavy atom. The SMILES string of the molecule is CN1CCCC(c2ccccc2C(CC(=O)O)C2CC2)CC1. The third-order valence-electron chi connectivity index (χ3n) is 5.37. The van der Waals surface area contributed by atoms with E-state index in [1.54, 1.807) is 0 Å². The Kier molecular flexibility index (Phi) is 4.82. The van der Waals surface area contributed by atoms with Crippen molar-refractivity contribution < 1.29 is 9.90 Å². The van der Waals surface area contributed by atoms with Crippen LogP contribution in [0.5, 0.6) is 0 Å². The molecular formula is C19H27NO2. The van der Waals surface area contributed by atoms with Crippen molar-refractivity contribution in [1.29, 1.82) is 0 Å². The second kappa shape index (κ2) is 6.82. The molecule has 3 nitrogen and oxygen atoms in total. The summed E-state index contributed by atoms with van der Waals surface area (Å²) >= 11 is 0. The van der Waals surface area contributed by atoms with Crippen LogP contribution in [0.2, 0.25) is 0 Å².